The molecule has 0 amide bonds. The Kier molecular flexibility index (Phi) is 7.02. The molecule has 4 atom stereocenters. The first-order chi connectivity index (χ1) is 13.8. The molecule has 8 heteroatoms. The highest BCUT2D eigenvalue weighted by Crippen LogP contribution is 2.30. The molecule has 0 saturated heterocycles. The molecule has 2 heterocycles. The Morgan fingerprint density at radius 2 is 1.17 bits per heavy atom. The van der Waals surface area contributed by atoms with Crippen LogP contribution in [0.2, 0.25) is 0 Å². The van der Waals surface area contributed by atoms with Crippen molar-refractivity contribution in [3.63, 3.8) is 0 Å². The van der Waals surface area contributed by atoms with Crippen molar-refractivity contribution in [2.24, 2.45) is 21.8 Å². The number of nitrogens with zero attached hydrogens (tertiary/aromatic N) is 4. The average Bonchev–Trinajstić information content (AvgIpc) is 3.22. The highest BCUT2D eigenvalue weighted by atomic mass is 16.6. The minimum absolute atomic E-state index is 0.172. The summed E-state index contributed by atoms with van der Waals surface area (Å²) < 4.78 is 10.7. The molecule has 0 aliphatic carbocycles. The van der Waals surface area contributed by atoms with Gasteiger partial charge in [-0.2, -0.15) is 10.5 Å². The quantitative estimate of drug-likeness (QED) is 0.636. The van der Waals surface area contributed by atoms with E-state index in [2.05, 4.69) is 9.98 Å². The molecule has 30 heavy (non-hydrogen) atoms. The van der Waals surface area contributed by atoms with E-state index in [9.17, 15) is 20.1 Å². The number of aliphatic imine (C=N–C) groups is 2. The van der Waals surface area contributed by atoms with E-state index >= 15 is 0 Å². The van der Waals surface area contributed by atoms with Crippen LogP contribution in [0.3, 0.4) is 0 Å². The topological polar surface area (TPSA) is 125 Å². The molecule has 0 radical (unpaired) electrons. The summed E-state index contributed by atoms with van der Waals surface area (Å²) in [5, 5.41) is 18.9. The molecule has 0 aromatic carbocycles. The van der Waals surface area contributed by atoms with Crippen LogP contribution in [0.15, 0.2) is 9.98 Å². The molecule has 1 unspecified atom stereocenters. The van der Waals surface area contributed by atoms with Crippen molar-refractivity contribution in [2.75, 3.05) is 0 Å². The highest BCUT2D eigenvalue weighted by molar-refractivity contribution is 6.06. The third-order valence-corrected chi connectivity index (χ3v) is 4.71. The van der Waals surface area contributed by atoms with Gasteiger partial charge in [-0.15, -0.1) is 0 Å². The number of carbonyl (C=O) groups excluding carboxylic acids is 2. The van der Waals surface area contributed by atoms with Crippen molar-refractivity contribution in [3.8, 4) is 12.1 Å². The van der Waals surface area contributed by atoms with Gasteiger partial charge in [-0.25, -0.2) is 0 Å². The van der Waals surface area contributed by atoms with Crippen molar-refractivity contribution in [1.29, 1.82) is 10.5 Å². The Bertz CT molecular complexity index is 763. The van der Waals surface area contributed by atoms with Crippen molar-refractivity contribution in [1.82, 2.24) is 0 Å². The molecule has 0 fully saturated rings. The zero-order chi connectivity index (χ0) is 22.7. The SMILES string of the molecule is CC(C)(C)OC(=O)C(C#N)C1=N[C@@H]([C@H]2CCC([C@@H](C#N)C(=O)OC(C)(C)C)=N2)CC1. The van der Waals surface area contributed by atoms with E-state index in [1.807, 2.05) is 12.1 Å². The summed E-state index contributed by atoms with van der Waals surface area (Å²) in [6, 6.07) is 3.66. The van der Waals surface area contributed by atoms with E-state index in [0.717, 1.165) is 0 Å². The third kappa shape index (κ3) is 6.13. The molecule has 0 aromatic rings. The lowest BCUT2D eigenvalue weighted by Gasteiger charge is -2.21. The van der Waals surface area contributed by atoms with Crippen LogP contribution in [-0.4, -0.2) is 46.6 Å². The molecule has 2 rings (SSSR count). The molecular weight excluding hydrogens is 384 g/mol. The number of ether oxygens (including phenoxy) is 2. The number of hydrogen-bond acceptors (Lipinski definition) is 8. The van der Waals surface area contributed by atoms with Crippen LogP contribution in [0.1, 0.15) is 67.2 Å². The Hall–Kier alpha value is -2.74. The summed E-state index contributed by atoms with van der Waals surface area (Å²) in [6.07, 6.45) is 2.39. The molecule has 8 nitrogen and oxygen atoms in total. The molecule has 162 valence electrons. The summed E-state index contributed by atoms with van der Waals surface area (Å²) in [5.74, 6) is -3.22. The van der Waals surface area contributed by atoms with Gasteiger partial charge in [-0.3, -0.25) is 19.6 Å². The minimum Gasteiger partial charge on any atom is -0.459 e. The number of nitriles is 2. The van der Waals surface area contributed by atoms with Crippen LogP contribution in [0.4, 0.5) is 0 Å². The third-order valence-electron chi connectivity index (χ3n) is 4.71. The number of rotatable bonds is 5. The van der Waals surface area contributed by atoms with Crippen LogP contribution in [0.25, 0.3) is 0 Å². The van der Waals surface area contributed by atoms with E-state index in [0.29, 0.717) is 37.1 Å². The molecule has 0 aromatic heterocycles. The van der Waals surface area contributed by atoms with Crippen LogP contribution >= 0.6 is 0 Å². The summed E-state index contributed by atoms with van der Waals surface area (Å²) >= 11 is 0. The van der Waals surface area contributed by atoms with E-state index in [1.165, 1.54) is 0 Å². The maximum Gasteiger partial charge on any atom is 0.329 e. The van der Waals surface area contributed by atoms with E-state index in [4.69, 9.17) is 9.47 Å². The molecule has 2 aliphatic heterocycles. The number of hydrogen-bond donors (Lipinski definition) is 0. The van der Waals surface area contributed by atoms with Gasteiger partial charge >= 0.3 is 11.9 Å². The van der Waals surface area contributed by atoms with Gasteiger partial charge in [-0.1, -0.05) is 0 Å². The zero-order valence-corrected chi connectivity index (χ0v) is 18.6. The lowest BCUT2D eigenvalue weighted by Crippen LogP contribution is -2.31. The number of esters is 2. The van der Waals surface area contributed by atoms with E-state index in [1.54, 1.807) is 41.5 Å². The van der Waals surface area contributed by atoms with Gasteiger partial charge in [0.05, 0.1) is 24.2 Å². The minimum atomic E-state index is -1.02. The maximum absolute atomic E-state index is 12.3. The first-order valence-corrected chi connectivity index (χ1v) is 10.2. The van der Waals surface area contributed by atoms with Crippen LogP contribution < -0.4 is 0 Å². The fraction of sp³-hybridized carbons (Fsp3) is 0.727. The summed E-state index contributed by atoms with van der Waals surface area (Å²) in [7, 11) is 0. The predicted octanol–water partition coefficient (Wildman–Crippen LogP) is 3.16. The van der Waals surface area contributed by atoms with Gasteiger partial charge in [0.1, 0.15) is 11.2 Å². The van der Waals surface area contributed by atoms with Crippen LogP contribution in [0, 0.1) is 34.5 Å². The monoisotopic (exact) mass is 414 g/mol. The molecule has 0 N–H and O–H groups in total. The van der Waals surface area contributed by atoms with Gasteiger partial charge in [0.2, 0.25) is 0 Å². The molecule has 0 bridgehead atoms. The molecule has 2 aliphatic rings. The summed E-state index contributed by atoms with van der Waals surface area (Å²) in [4.78, 5) is 33.9. The normalized spacial score (nSPS) is 23.5. The molecular formula is C22H30N4O4. The van der Waals surface area contributed by atoms with Gasteiger partial charge in [0, 0.05) is 11.4 Å². The second-order valence-electron chi connectivity index (χ2n) is 9.64. The van der Waals surface area contributed by atoms with E-state index < -0.39 is 35.0 Å². The molecule has 0 saturated carbocycles. The Morgan fingerprint density at radius 1 is 0.833 bits per heavy atom. The lowest BCUT2D eigenvalue weighted by atomic mass is 9.99. The second-order valence-corrected chi connectivity index (χ2v) is 9.64. The Balaban J connectivity index is 2.11. The van der Waals surface area contributed by atoms with Crippen LogP contribution in [0.5, 0.6) is 0 Å². The predicted molar refractivity (Wildman–Crippen MR) is 111 cm³/mol. The fourth-order valence-electron chi connectivity index (χ4n) is 3.52. The van der Waals surface area contributed by atoms with Crippen molar-refractivity contribution >= 4 is 23.4 Å². The van der Waals surface area contributed by atoms with Crippen molar-refractivity contribution in [3.05, 3.63) is 0 Å². The van der Waals surface area contributed by atoms with Crippen molar-refractivity contribution < 1.29 is 19.1 Å². The highest BCUT2D eigenvalue weighted by Gasteiger charge is 2.38. The lowest BCUT2D eigenvalue weighted by molar-refractivity contribution is -0.156. The standard InChI is InChI=1S/C22H30N4O4/c1-21(2,3)29-19(27)13(11-23)15-7-9-17(25-15)18-10-8-16(26-18)14(12-24)20(28)30-22(4,5)6/h13-14,17-18H,7-10H2,1-6H3/t13-,14?,17-,18-/m1/s1. The first-order valence-electron chi connectivity index (χ1n) is 10.2. The average molecular weight is 415 g/mol. The fourth-order valence-corrected chi connectivity index (χ4v) is 3.52. The first kappa shape index (κ1) is 23.5. The zero-order valence-electron chi connectivity index (χ0n) is 18.6. The van der Waals surface area contributed by atoms with Gasteiger partial charge in [-0.05, 0) is 67.2 Å². The largest absolute Gasteiger partial charge is 0.459 e. The van der Waals surface area contributed by atoms with Gasteiger partial charge < -0.3 is 9.47 Å². The number of carbonyl (C=O) groups is 2. The Morgan fingerprint density at radius 3 is 1.43 bits per heavy atom. The van der Waals surface area contributed by atoms with Gasteiger partial charge in [0.25, 0.3) is 0 Å². The summed E-state index contributed by atoms with van der Waals surface area (Å²) in [6.45, 7) is 10.5. The van der Waals surface area contributed by atoms with Crippen molar-refractivity contribution in [2.45, 2.75) is 90.5 Å². The van der Waals surface area contributed by atoms with Gasteiger partial charge in [0.15, 0.2) is 11.8 Å². The van der Waals surface area contributed by atoms with Crippen LogP contribution in [-0.2, 0) is 19.1 Å². The van der Waals surface area contributed by atoms with E-state index in [-0.39, 0.29) is 12.1 Å². The molecule has 0 spiro atoms. The maximum atomic E-state index is 12.3. The summed E-state index contributed by atoms with van der Waals surface area (Å²) in [5.41, 5.74) is -0.319. The second kappa shape index (κ2) is 8.95. The Labute approximate surface area is 178 Å². The smallest absolute Gasteiger partial charge is 0.329 e.